The zero-order valence-electron chi connectivity index (χ0n) is 17.0. The first-order valence-electron chi connectivity index (χ1n) is 10.6. The summed E-state index contributed by atoms with van der Waals surface area (Å²) in [5, 5.41) is 5.85. The second kappa shape index (κ2) is 9.82. The molecule has 1 aromatic carbocycles. The summed E-state index contributed by atoms with van der Waals surface area (Å²) < 4.78 is 5.94. The Hall–Kier alpha value is -2.77. The number of rotatable bonds is 7. The monoisotopic (exact) mass is 408 g/mol. The third-order valence-electron chi connectivity index (χ3n) is 5.79. The summed E-state index contributed by atoms with van der Waals surface area (Å²) in [5.74, 6) is -0.517. The van der Waals surface area contributed by atoms with Gasteiger partial charge in [0.1, 0.15) is 6.04 Å². The number of amides is 2. The lowest BCUT2D eigenvalue weighted by atomic mass is 10.0. The lowest BCUT2D eigenvalue weighted by Gasteiger charge is -2.35. The van der Waals surface area contributed by atoms with E-state index in [4.69, 9.17) is 4.74 Å². The van der Waals surface area contributed by atoms with Gasteiger partial charge in [0.25, 0.3) is 5.91 Å². The third kappa shape index (κ3) is 5.23. The molecule has 0 radical (unpaired) electrons. The van der Waals surface area contributed by atoms with Crippen molar-refractivity contribution in [3.05, 3.63) is 66.0 Å². The molecule has 1 aromatic heterocycles. The molecule has 2 aliphatic rings. The number of morpholine rings is 1. The van der Waals surface area contributed by atoms with Gasteiger partial charge in [-0.15, -0.1) is 0 Å². The van der Waals surface area contributed by atoms with Gasteiger partial charge in [0.15, 0.2) is 0 Å². The number of carbonyl (C=O) groups is 2. The fraction of sp³-hybridized carbons (Fsp3) is 0.435. The number of aromatic nitrogens is 1. The molecular formula is C23H28N4O3. The van der Waals surface area contributed by atoms with Gasteiger partial charge in [0.2, 0.25) is 5.91 Å². The van der Waals surface area contributed by atoms with Crippen LogP contribution in [-0.2, 0) is 16.0 Å². The van der Waals surface area contributed by atoms with Gasteiger partial charge in [-0.05, 0) is 37.1 Å². The van der Waals surface area contributed by atoms with Crippen molar-refractivity contribution in [3.63, 3.8) is 0 Å². The van der Waals surface area contributed by atoms with Gasteiger partial charge in [-0.25, -0.2) is 0 Å². The van der Waals surface area contributed by atoms with Gasteiger partial charge in [0, 0.05) is 37.9 Å². The predicted octanol–water partition coefficient (Wildman–Crippen LogP) is 1.40. The minimum atomic E-state index is -0.678. The maximum atomic E-state index is 13.0. The number of ether oxygens (including phenoxy) is 1. The maximum Gasteiger partial charge on any atom is 0.253 e. The van der Waals surface area contributed by atoms with Crippen molar-refractivity contribution >= 4 is 11.8 Å². The van der Waals surface area contributed by atoms with Crippen LogP contribution in [0.15, 0.2) is 54.9 Å². The highest BCUT2D eigenvalue weighted by atomic mass is 16.5. The second-order valence-electron chi connectivity index (χ2n) is 7.95. The summed E-state index contributed by atoms with van der Waals surface area (Å²) >= 11 is 0. The molecule has 2 N–H and O–H groups in total. The fourth-order valence-corrected chi connectivity index (χ4v) is 4.14. The van der Waals surface area contributed by atoms with Crippen molar-refractivity contribution in [2.24, 2.45) is 0 Å². The second-order valence-corrected chi connectivity index (χ2v) is 7.95. The minimum Gasteiger partial charge on any atom is -0.373 e. The first kappa shape index (κ1) is 20.5. The highest BCUT2D eigenvalue weighted by Crippen LogP contribution is 2.22. The van der Waals surface area contributed by atoms with Crippen LogP contribution < -0.4 is 10.6 Å². The Labute approximate surface area is 176 Å². The van der Waals surface area contributed by atoms with E-state index in [0.29, 0.717) is 24.6 Å². The standard InChI is InChI=1S/C23H28N4O3/c28-22(18-8-4-10-24-13-18)26-21(12-17-6-2-1-3-7-17)23(29)25-14-20-15-27-11-5-9-19(27)16-30-20/h1-4,6-8,10,13,19-21H,5,9,11-12,14-16H2,(H,25,29)(H,26,28). The number of nitrogens with one attached hydrogen (secondary N) is 2. The molecule has 2 aliphatic heterocycles. The van der Waals surface area contributed by atoms with Gasteiger partial charge in [-0.3, -0.25) is 19.5 Å². The number of fused-ring (bicyclic) bond motifs is 1. The summed E-state index contributed by atoms with van der Waals surface area (Å²) in [6.07, 6.45) is 5.91. The summed E-state index contributed by atoms with van der Waals surface area (Å²) in [5.41, 5.74) is 1.41. The van der Waals surface area contributed by atoms with Crippen LogP contribution in [0.2, 0.25) is 0 Å². The van der Waals surface area contributed by atoms with E-state index in [1.54, 1.807) is 18.3 Å². The van der Waals surface area contributed by atoms with E-state index in [-0.39, 0.29) is 17.9 Å². The van der Waals surface area contributed by atoms with Crippen LogP contribution in [0.5, 0.6) is 0 Å². The zero-order chi connectivity index (χ0) is 20.8. The zero-order valence-corrected chi connectivity index (χ0v) is 17.0. The Kier molecular flexibility index (Phi) is 6.71. The molecule has 30 heavy (non-hydrogen) atoms. The molecule has 0 spiro atoms. The average Bonchev–Trinajstić information content (AvgIpc) is 3.26. The number of nitrogens with zero attached hydrogens (tertiary/aromatic N) is 2. The fourth-order valence-electron chi connectivity index (χ4n) is 4.14. The molecule has 0 saturated carbocycles. The van der Waals surface area contributed by atoms with E-state index >= 15 is 0 Å². The van der Waals surface area contributed by atoms with Crippen molar-refractivity contribution < 1.29 is 14.3 Å². The lowest BCUT2D eigenvalue weighted by molar-refractivity contribution is -0.124. The molecule has 2 saturated heterocycles. The molecule has 7 heteroatoms. The molecule has 3 atom stereocenters. The molecule has 0 aliphatic carbocycles. The van der Waals surface area contributed by atoms with E-state index in [1.807, 2.05) is 30.3 Å². The van der Waals surface area contributed by atoms with Gasteiger partial charge < -0.3 is 15.4 Å². The number of pyridine rings is 1. The van der Waals surface area contributed by atoms with Crippen LogP contribution in [0.1, 0.15) is 28.8 Å². The largest absolute Gasteiger partial charge is 0.373 e. The van der Waals surface area contributed by atoms with E-state index in [0.717, 1.165) is 25.3 Å². The van der Waals surface area contributed by atoms with Crippen LogP contribution in [0, 0.1) is 0 Å². The molecular weight excluding hydrogens is 380 g/mol. The Balaban J connectivity index is 1.37. The molecule has 4 rings (SSSR count). The Morgan fingerprint density at radius 2 is 2.07 bits per heavy atom. The third-order valence-corrected chi connectivity index (χ3v) is 5.79. The van der Waals surface area contributed by atoms with E-state index < -0.39 is 6.04 Å². The van der Waals surface area contributed by atoms with Crippen LogP contribution in [-0.4, -0.2) is 66.1 Å². The molecule has 158 valence electrons. The van der Waals surface area contributed by atoms with Crippen LogP contribution in [0.4, 0.5) is 0 Å². The Morgan fingerprint density at radius 3 is 2.87 bits per heavy atom. The van der Waals surface area contributed by atoms with Gasteiger partial charge in [-0.1, -0.05) is 30.3 Å². The number of benzene rings is 1. The molecule has 2 amide bonds. The highest BCUT2D eigenvalue weighted by molar-refractivity contribution is 5.97. The average molecular weight is 409 g/mol. The maximum absolute atomic E-state index is 13.0. The number of carbonyl (C=O) groups excluding carboxylic acids is 2. The molecule has 7 nitrogen and oxygen atoms in total. The SMILES string of the molecule is O=C(NC(Cc1ccccc1)C(=O)NCC1CN2CCCC2CO1)c1cccnc1. The summed E-state index contributed by atoms with van der Waals surface area (Å²) in [4.78, 5) is 32.0. The normalized spacial score (nSPS) is 22.1. The van der Waals surface area contributed by atoms with Crippen molar-refractivity contribution in [2.45, 2.75) is 37.5 Å². The van der Waals surface area contributed by atoms with Crippen LogP contribution in [0.25, 0.3) is 0 Å². The molecule has 0 bridgehead atoms. The minimum absolute atomic E-state index is 0.0188. The van der Waals surface area contributed by atoms with Gasteiger partial charge >= 0.3 is 0 Å². The van der Waals surface area contributed by atoms with Crippen LogP contribution >= 0.6 is 0 Å². The Morgan fingerprint density at radius 1 is 1.20 bits per heavy atom. The van der Waals surface area contributed by atoms with Gasteiger partial charge in [-0.2, -0.15) is 0 Å². The topological polar surface area (TPSA) is 83.6 Å². The van der Waals surface area contributed by atoms with E-state index in [9.17, 15) is 9.59 Å². The molecule has 2 aromatic rings. The molecule has 3 unspecified atom stereocenters. The quantitative estimate of drug-likeness (QED) is 0.724. The highest BCUT2D eigenvalue weighted by Gasteiger charge is 2.32. The summed E-state index contributed by atoms with van der Waals surface area (Å²) in [6, 6.07) is 12.9. The van der Waals surface area contributed by atoms with Crippen molar-refractivity contribution in [1.82, 2.24) is 20.5 Å². The van der Waals surface area contributed by atoms with E-state index in [2.05, 4.69) is 20.5 Å². The first-order valence-corrected chi connectivity index (χ1v) is 10.6. The lowest BCUT2D eigenvalue weighted by Crippen LogP contribution is -2.53. The molecule has 3 heterocycles. The number of hydrogen-bond acceptors (Lipinski definition) is 5. The smallest absolute Gasteiger partial charge is 0.253 e. The van der Waals surface area contributed by atoms with Crippen molar-refractivity contribution in [1.29, 1.82) is 0 Å². The van der Waals surface area contributed by atoms with Crippen LogP contribution in [0.3, 0.4) is 0 Å². The van der Waals surface area contributed by atoms with E-state index in [1.165, 1.54) is 19.0 Å². The Bertz CT molecular complexity index is 846. The van der Waals surface area contributed by atoms with Crippen molar-refractivity contribution in [3.8, 4) is 0 Å². The van der Waals surface area contributed by atoms with Crippen molar-refractivity contribution in [2.75, 3.05) is 26.2 Å². The summed E-state index contributed by atoms with van der Waals surface area (Å²) in [7, 11) is 0. The van der Waals surface area contributed by atoms with Gasteiger partial charge in [0.05, 0.1) is 18.3 Å². The predicted molar refractivity (Wildman–Crippen MR) is 113 cm³/mol. The molecule has 2 fully saturated rings. The summed E-state index contributed by atoms with van der Waals surface area (Å²) in [6.45, 7) is 3.12. The number of hydrogen-bond donors (Lipinski definition) is 2. The first-order chi connectivity index (χ1) is 14.7.